The van der Waals surface area contributed by atoms with Crippen molar-refractivity contribution < 1.29 is 9.90 Å². The van der Waals surface area contributed by atoms with E-state index in [1.165, 1.54) is 19.3 Å². The van der Waals surface area contributed by atoms with Crippen molar-refractivity contribution in [1.29, 1.82) is 0 Å². The number of aromatic nitrogens is 2. The fraction of sp³-hybridized carbons (Fsp3) is 0.500. The average Bonchev–Trinajstić information content (AvgIpc) is 2.71. The second kappa shape index (κ2) is 5.27. The topological polar surface area (TPSA) is 55.1 Å². The monoisotopic (exact) mass is 272 g/mol. The molecule has 3 rings (SSSR count). The van der Waals surface area contributed by atoms with Crippen LogP contribution in [0.3, 0.4) is 0 Å². The Morgan fingerprint density at radius 2 is 2.25 bits per heavy atom. The molecule has 4 heteroatoms. The number of hydrogen-bond acceptors (Lipinski definition) is 2. The van der Waals surface area contributed by atoms with Crippen molar-refractivity contribution in [3.05, 3.63) is 29.6 Å². The molecule has 0 bridgehead atoms. The van der Waals surface area contributed by atoms with Gasteiger partial charge in [0, 0.05) is 13.0 Å². The van der Waals surface area contributed by atoms with Crippen molar-refractivity contribution in [2.75, 3.05) is 0 Å². The molecule has 2 aromatic rings. The first-order chi connectivity index (χ1) is 9.69. The first-order valence-corrected chi connectivity index (χ1v) is 7.41. The number of rotatable bonds is 5. The van der Waals surface area contributed by atoms with Crippen LogP contribution in [0, 0.1) is 5.92 Å². The number of benzene rings is 1. The summed E-state index contributed by atoms with van der Waals surface area (Å²) in [6, 6.07) is 5.27. The zero-order chi connectivity index (χ0) is 14.1. The second-order valence-corrected chi connectivity index (χ2v) is 5.69. The molecule has 1 aliphatic rings. The van der Waals surface area contributed by atoms with Crippen LogP contribution in [0.2, 0.25) is 0 Å². The fourth-order valence-corrected chi connectivity index (χ4v) is 2.86. The van der Waals surface area contributed by atoms with Crippen LogP contribution >= 0.6 is 0 Å². The number of carboxylic acids is 1. The summed E-state index contributed by atoms with van der Waals surface area (Å²) in [6.45, 7) is 3.17. The maximum absolute atomic E-state index is 11.1. The Hall–Kier alpha value is -1.84. The summed E-state index contributed by atoms with van der Waals surface area (Å²) in [5.74, 6) is 0.969. The number of imidazole rings is 1. The molecule has 0 radical (unpaired) electrons. The van der Waals surface area contributed by atoms with Crippen LogP contribution in [-0.2, 0) is 13.0 Å². The lowest BCUT2D eigenvalue weighted by Gasteiger charge is -2.26. The van der Waals surface area contributed by atoms with Gasteiger partial charge in [-0.3, -0.25) is 0 Å². The van der Waals surface area contributed by atoms with Gasteiger partial charge >= 0.3 is 5.97 Å². The molecule has 106 valence electrons. The van der Waals surface area contributed by atoms with Crippen molar-refractivity contribution in [2.45, 2.75) is 45.6 Å². The van der Waals surface area contributed by atoms with E-state index < -0.39 is 5.97 Å². The van der Waals surface area contributed by atoms with Gasteiger partial charge in [-0.15, -0.1) is 0 Å². The first-order valence-electron chi connectivity index (χ1n) is 7.41. The number of aromatic carboxylic acids is 1. The Morgan fingerprint density at radius 1 is 1.45 bits per heavy atom. The zero-order valence-electron chi connectivity index (χ0n) is 11.8. The third-order valence-electron chi connectivity index (χ3n) is 4.21. The Balaban J connectivity index is 2.03. The summed E-state index contributed by atoms with van der Waals surface area (Å²) in [4.78, 5) is 15.7. The number of hydrogen-bond donors (Lipinski definition) is 1. The summed E-state index contributed by atoms with van der Waals surface area (Å²) in [6.07, 6.45) is 5.95. The molecular formula is C16H20N2O2. The Morgan fingerprint density at radius 3 is 2.85 bits per heavy atom. The van der Waals surface area contributed by atoms with Gasteiger partial charge in [0.1, 0.15) is 5.82 Å². The SMILES string of the molecule is CCCc1nc2cc(C(=O)O)ccc2n1CC1CCC1. The van der Waals surface area contributed by atoms with E-state index in [-0.39, 0.29) is 0 Å². The third kappa shape index (κ3) is 2.30. The third-order valence-corrected chi connectivity index (χ3v) is 4.21. The van der Waals surface area contributed by atoms with Gasteiger partial charge in [-0.2, -0.15) is 0 Å². The molecule has 0 unspecified atom stereocenters. The minimum Gasteiger partial charge on any atom is -0.478 e. The summed E-state index contributed by atoms with van der Waals surface area (Å²) >= 11 is 0. The van der Waals surface area contributed by atoms with Crippen molar-refractivity contribution in [2.24, 2.45) is 5.92 Å². The molecule has 1 aromatic heterocycles. The molecule has 1 aromatic carbocycles. The van der Waals surface area contributed by atoms with Crippen molar-refractivity contribution in [1.82, 2.24) is 9.55 Å². The van der Waals surface area contributed by atoms with Gasteiger partial charge in [0.05, 0.1) is 16.6 Å². The molecule has 0 amide bonds. The van der Waals surface area contributed by atoms with Crippen LogP contribution < -0.4 is 0 Å². The largest absolute Gasteiger partial charge is 0.478 e. The molecular weight excluding hydrogens is 252 g/mol. The number of carboxylic acid groups (broad SMARTS) is 1. The number of carbonyl (C=O) groups is 1. The molecule has 1 fully saturated rings. The highest BCUT2D eigenvalue weighted by Gasteiger charge is 2.21. The molecule has 4 nitrogen and oxygen atoms in total. The molecule has 20 heavy (non-hydrogen) atoms. The van der Waals surface area contributed by atoms with E-state index in [0.29, 0.717) is 5.56 Å². The Kier molecular flexibility index (Phi) is 3.47. The van der Waals surface area contributed by atoms with E-state index in [0.717, 1.165) is 42.2 Å². The predicted octanol–water partition coefficient (Wildman–Crippen LogP) is 3.49. The van der Waals surface area contributed by atoms with E-state index in [4.69, 9.17) is 5.11 Å². The maximum atomic E-state index is 11.1. The Bertz CT molecular complexity index is 641. The summed E-state index contributed by atoms with van der Waals surface area (Å²) in [5.41, 5.74) is 2.20. The highest BCUT2D eigenvalue weighted by molar-refractivity contribution is 5.92. The van der Waals surface area contributed by atoms with Crippen LogP contribution in [0.4, 0.5) is 0 Å². The van der Waals surface area contributed by atoms with Gasteiger partial charge in [0.2, 0.25) is 0 Å². The molecule has 1 heterocycles. The summed E-state index contributed by atoms with van der Waals surface area (Å²) in [7, 11) is 0. The Labute approximate surface area is 118 Å². The lowest BCUT2D eigenvalue weighted by Crippen LogP contribution is -2.19. The van der Waals surface area contributed by atoms with Gasteiger partial charge in [0.15, 0.2) is 0 Å². The number of fused-ring (bicyclic) bond motifs is 1. The van der Waals surface area contributed by atoms with Crippen LogP contribution in [-0.4, -0.2) is 20.6 Å². The van der Waals surface area contributed by atoms with Gasteiger partial charge in [-0.1, -0.05) is 13.3 Å². The quantitative estimate of drug-likeness (QED) is 0.906. The van der Waals surface area contributed by atoms with E-state index in [2.05, 4.69) is 16.5 Å². The highest BCUT2D eigenvalue weighted by Crippen LogP contribution is 2.30. The van der Waals surface area contributed by atoms with Crippen molar-refractivity contribution in [3.8, 4) is 0 Å². The molecule has 1 N–H and O–H groups in total. The standard InChI is InChI=1S/C16H20N2O2/c1-2-4-15-17-13-9-12(16(19)20)7-8-14(13)18(15)10-11-5-3-6-11/h7-9,11H,2-6,10H2,1H3,(H,19,20). The van der Waals surface area contributed by atoms with Crippen LogP contribution in [0.25, 0.3) is 11.0 Å². The molecule has 0 spiro atoms. The summed E-state index contributed by atoms with van der Waals surface area (Å²) < 4.78 is 2.30. The van der Waals surface area contributed by atoms with E-state index in [9.17, 15) is 4.79 Å². The predicted molar refractivity (Wildman–Crippen MR) is 78.0 cm³/mol. The lowest BCUT2D eigenvalue weighted by atomic mass is 9.85. The normalized spacial score (nSPS) is 15.4. The van der Waals surface area contributed by atoms with E-state index in [1.807, 2.05) is 6.07 Å². The van der Waals surface area contributed by atoms with Gasteiger partial charge in [0.25, 0.3) is 0 Å². The molecule has 0 saturated heterocycles. The summed E-state index contributed by atoms with van der Waals surface area (Å²) in [5, 5.41) is 9.08. The van der Waals surface area contributed by atoms with E-state index in [1.54, 1.807) is 12.1 Å². The first kappa shape index (κ1) is 13.2. The van der Waals surface area contributed by atoms with Crippen LogP contribution in [0.15, 0.2) is 18.2 Å². The van der Waals surface area contributed by atoms with Gasteiger partial charge in [-0.25, -0.2) is 9.78 Å². The minimum absolute atomic E-state index is 0.314. The van der Waals surface area contributed by atoms with Gasteiger partial charge < -0.3 is 9.67 Å². The molecule has 1 aliphatic carbocycles. The van der Waals surface area contributed by atoms with Gasteiger partial charge in [-0.05, 0) is 43.4 Å². The maximum Gasteiger partial charge on any atom is 0.335 e. The number of aryl methyl sites for hydroxylation is 1. The molecule has 0 aliphatic heterocycles. The molecule has 0 atom stereocenters. The lowest BCUT2D eigenvalue weighted by molar-refractivity contribution is 0.0697. The zero-order valence-corrected chi connectivity index (χ0v) is 11.8. The van der Waals surface area contributed by atoms with Crippen molar-refractivity contribution in [3.63, 3.8) is 0 Å². The smallest absolute Gasteiger partial charge is 0.335 e. The minimum atomic E-state index is -0.891. The van der Waals surface area contributed by atoms with E-state index >= 15 is 0 Å². The van der Waals surface area contributed by atoms with Crippen molar-refractivity contribution >= 4 is 17.0 Å². The van der Waals surface area contributed by atoms with Crippen LogP contribution in [0.5, 0.6) is 0 Å². The second-order valence-electron chi connectivity index (χ2n) is 5.69. The average molecular weight is 272 g/mol. The molecule has 1 saturated carbocycles. The highest BCUT2D eigenvalue weighted by atomic mass is 16.4. The number of nitrogens with zero attached hydrogens (tertiary/aromatic N) is 2. The van der Waals surface area contributed by atoms with Crippen LogP contribution in [0.1, 0.15) is 48.8 Å². The fourth-order valence-electron chi connectivity index (χ4n) is 2.86.